The SMILES string of the molecule is CNC(=O)CC(O)CC(O)CCNC(=O)c1ccc2cc(-c3cc4c([nH]c3=O)=CCCC=4F)[nH]c2c1. The van der Waals surface area contributed by atoms with Crippen LogP contribution in [0.15, 0.2) is 35.1 Å². The zero-order valence-electron chi connectivity index (χ0n) is 19.9. The quantitative estimate of drug-likeness (QED) is 0.256. The van der Waals surface area contributed by atoms with Crippen molar-refractivity contribution in [2.24, 2.45) is 0 Å². The number of aromatic nitrogens is 2. The average molecular weight is 497 g/mol. The van der Waals surface area contributed by atoms with E-state index in [-0.39, 0.29) is 49.0 Å². The van der Waals surface area contributed by atoms with E-state index < -0.39 is 12.2 Å². The van der Waals surface area contributed by atoms with Crippen LogP contribution in [0.3, 0.4) is 0 Å². The first kappa shape index (κ1) is 25.3. The number of rotatable bonds is 9. The van der Waals surface area contributed by atoms with Gasteiger partial charge in [0.15, 0.2) is 0 Å². The number of benzene rings is 1. The Morgan fingerprint density at radius 2 is 1.94 bits per heavy atom. The summed E-state index contributed by atoms with van der Waals surface area (Å²) < 4.78 is 14.3. The van der Waals surface area contributed by atoms with Gasteiger partial charge in [-0.1, -0.05) is 12.1 Å². The van der Waals surface area contributed by atoms with Crippen LogP contribution in [0.4, 0.5) is 4.39 Å². The molecule has 1 aromatic carbocycles. The minimum absolute atomic E-state index is 0.0298. The molecule has 2 aromatic heterocycles. The highest BCUT2D eigenvalue weighted by Gasteiger charge is 2.16. The Kier molecular flexibility index (Phi) is 7.66. The fourth-order valence-corrected chi connectivity index (χ4v) is 4.31. The fourth-order valence-electron chi connectivity index (χ4n) is 4.31. The molecule has 190 valence electrons. The molecule has 4 rings (SSSR count). The molecule has 10 heteroatoms. The Labute approximate surface area is 205 Å². The lowest BCUT2D eigenvalue weighted by atomic mass is 10.1. The van der Waals surface area contributed by atoms with Crippen molar-refractivity contribution in [3.05, 3.63) is 56.8 Å². The maximum absolute atomic E-state index is 14.3. The molecule has 0 saturated carbocycles. The van der Waals surface area contributed by atoms with Crippen molar-refractivity contribution >= 4 is 34.6 Å². The van der Waals surface area contributed by atoms with E-state index in [4.69, 9.17) is 0 Å². The molecular weight excluding hydrogens is 467 g/mol. The van der Waals surface area contributed by atoms with Crippen molar-refractivity contribution in [2.45, 2.75) is 44.3 Å². The second-order valence-electron chi connectivity index (χ2n) is 8.94. The van der Waals surface area contributed by atoms with Gasteiger partial charge in [-0.05, 0) is 43.5 Å². The van der Waals surface area contributed by atoms with Crippen LogP contribution in [0.2, 0.25) is 0 Å². The molecule has 3 aromatic rings. The Balaban J connectivity index is 1.43. The fraction of sp³-hybridized carbons (Fsp3) is 0.346. The number of H-pyrrole nitrogens is 2. The first-order chi connectivity index (χ1) is 17.2. The van der Waals surface area contributed by atoms with Gasteiger partial charge in [-0.25, -0.2) is 4.39 Å². The summed E-state index contributed by atoms with van der Waals surface area (Å²) in [5.41, 5.74) is 1.53. The van der Waals surface area contributed by atoms with Crippen molar-refractivity contribution in [1.82, 2.24) is 20.6 Å². The summed E-state index contributed by atoms with van der Waals surface area (Å²) >= 11 is 0. The van der Waals surface area contributed by atoms with Crippen LogP contribution in [0, 0.1) is 0 Å². The number of halogens is 1. The third kappa shape index (κ3) is 5.72. The van der Waals surface area contributed by atoms with Gasteiger partial charge in [0, 0.05) is 47.0 Å². The van der Waals surface area contributed by atoms with Crippen molar-refractivity contribution in [3.63, 3.8) is 0 Å². The Bertz CT molecular complexity index is 1480. The number of pyridine rings is 1. The van der Waals surface area contributed by atoms with Gasteiger partial charge < -0.3 is 30.8 Å². The lowest BCUT2D eigenvalue weighted by Crippen LogP contribution is -2.37. The number of fused-ring (bicyclic) bond motifs is 2. The molecule has 2 atom stereocenters. The predicted molar refractivity (Wildman–Crippen MR) is 134 cm³/mol. The zero-order chi connectivity index (χ0) is 25.8. The molecule has 6 N–H and O–H groups in total. The van der Waals surface area contributed by atoms with Crippen molar-refractivity contribution < 1.29 is 24.2 Å². The third-order valence-electron chi connectivity index (χ3n) is 6.26. The molecule has 36 heavy (non-hydrogen) atoms. The molecule has 0 bridgehead atoms. The smallest absolute Gasteiger partial charge is 0.257 e. The highest BCUT2D eigenvalue weighted by atomic mass is 19.1. The van der Waals surface area contributed by atoms with E-state index >= 15 is 0 Å². The van der Waals surface area contributed by atoms with Gasteiger partial charge in [0.25, 0.3) is 11.5 Å². The standard InChI is InChI=1S/C26H29FN4O5/c1-28-24(34)12-17(33)11-16(32)7-8-29-25(35)15-6-5-14-9-23(30-22(14)10-15)19-13-18-20(27)3-2-4-21(18)31-26(19)36/h4-6,9-10,13,16-17,30,32-33H,2-3,7-8,11-12H2,1H3,(H,28,34)(H,29,35)(H,31,36). The molecule has 1 aliphatic rings. The number of aliphatic hydroxyl groups excluding tert-OH is 2. The van der Waals surface area contributed by atoms with Gasteiger partial charge in [0.1, 0.15) is 5.83 Å². The predicted octanol–water partition coefficient (Wildman–Crippen LogP) is 0.543. The molecule has 0 spiro atoms. The monoisotopic (exact) mass is 496 g/mol. The zero-order valence-corrected chi connectivity index (χ0v) is 19.9. The minimum Gasteiger partial charge on any atom is -0.393 e. The largest absolute Gasteiger partial charge is 0.393 e. The van der Waals surface area contributed by atoms with Crippen LogP contribution in [-0.2, 0) is 4.79 Å². The number of carbonyl (C=O) groups excluding carboxylic acids is 2. The molecule has 0 aliphatic heterocycles. The van der Waals surface area contributed by atoms with Gasteiger partial charge in [0.05, 0.1) is 29.9 Å². The molecule has 0 radical (unpaired) electrons. The van der Waals surface area contributed by atoms with Gasteiger partial charge in [-0.3, -0.25) is 14.4 Å². The first-order valence-corrected chi connectivity index (χ1v) is 11.9. The molecular formula is C26H29FN4O5. The van der Waals surface area contributed by atoms with Crippen LogP contribution in [-0.4, -0.2) is 57.8 Å². The summed E-state index contributed by atoms with van der Waals surface area (Å²) in [5, 5.41) is 26.7. The molecule has 9 nitrogen and oxygen atoms in total. The molecule has 2 unspecified atom stereocenters. The number of aromatic amines is 2. The van der Waals surface area contributed by atoms with E-state index in [1.807, 2.05) is 6.08 Å². The second kappa shape index (κ2) is 10.9. The summed E-state index contributed by atoms with van der Waals surface area (Å²) in [5.74, 6) is -0.915. The highest BCUT2D eigenvalue weighted by molar-refractivity contribution is 5.98. The summed E-state index contributed by atoms with van der Waals surface area (Å²) in [7, 11) is 1.47. The number of hydrogen-bond acceptors (Lipinski definition) is 5. The van der Waals surface area contributed by atoms with Crippen LogP contribution in [0.5, 0.6) is 0 Å². The number of amides is 2. The van der Waals surface area contributed by atoms with Gasteiger partial charge >= 0.3 is 0 Å². The summed E-state index contributed by atoms with van der Waals surface area (Å²) in [6.07, 6.45) is 0.982. The van der Waals surface area contributed by atoms with Crippen LogP contribution >= 0.6 is 0 Å². The second-order valence-corrected chi connectivity index (χ2v) is 8.94. The van der Waals surface area contributed by atoms with E-state index in [9.17, 15) is 29.0 Å². The van der Waals surface area contributed by atoms with Crippen LogP contribution in [0.25, 0.3) is 34.1 Å². The van der Waals surface area contributed by atoms with E-state index in [0.717, 1.165) is 5.39 Å². The summed E-state index contributed by atoms with van der Waals surface area (Å²) in [4.78, 5) is 42.4. The van der Waals surface area contributed by atoms with Crippen molar-refractivity contribution in [3.8, 4) is 11.3 Å². The maximum atomic E-state index is 14.3. The summed E-state index contributed by atoms with van der Waals surface area (Å²) in [6.45, 7) is 0.185. The van der Waals surface area contributed by atoms with Crippen LogP contribution < -0.4 is 26.8 Å². The normalized spacial score (nSPS) is 14.6. The van der Waals surface area contributed by atoms with Crippen molar-refractivity contribution in [2.75, 3.05) is 13.6 Å². The molecule has 0 fully saturated rings. The van der Waals surface area contributed by atoms with E-state index in [1.165, 1.54) is 7.05 Å². The Morgan fingerprint density at radius 3 is 2.72 bits per heavy atom. The van der Waals surface area contributed by atoms with Gasteiger partial charge in [-0.15, -0.1) is 0 Å². The molecule has 1 aliphatic carbocycles. The third-order valence-corrected chi connectivity index (χ3v) is 6.26. The van der Waals surface area contributed by atoms with Gasteiger partial charge in [0.2, 0.25) is 5.91 Å². The van der Waals surface area contributed by atoms with Gasteiger partial charge in [-0.2, -0.15) is 0 Å². The Hall–Kier alpha value is -3.76. The average Bonchev–Trinajstić information content (AvgIpc) is 3.26. The summed E-state index contributed by atoms with van der Waals surface area (Å²) in [6, 6.07) is 8.39. The van der Waals surface area contributed by atoms with Crippen LogP contribution in [0.1, 0.15) is 42.5 Å². The minimum atomic E-state index is -0.963. The number of carbonyl (C=O) groups is 2. The number of hydrogen-bond donors (Lipinski definition) is 6. The first-order valence-electron chi connectivity index (χ1n) is 11.9. The number of nitrogens with one attached hydrogen (secondary N) is 4. The van der Waals surface area contributed by atoms with E-state index in [1.54, 1.807) is 30.3 Å². The molecule has 2 amide bonds. The lowest BCUT2D eigenvalue weighted by Gasteiger charge is -2.15. The molecule has 2 heterocycles. The van der Waals surface area contributed by atoms with E-state index in [2.05, 4.69) is 20.6 Å². The lowest BCUT2D eigenvalue weighted by molar-refractivity contribution is -0.122. The van der Waals surface area contributed by atoms with E-state index in [0.29, 0.717) is 45.7 Å². The Morgan fingerprint density at radius 1 is 1.14 bits per heavy atom. The topological polar surface area (TPSA) is 147 Å². The maximum Gasteiger partial charge on any atom is 0.257 e. The van der Waals surface area contributed by atoms with Crippen molar-refractivity contribution in [1.29, 1.82) is 0 Å². The molecule has 0 saturated heterocycles. The highest BCUT2D eigenvalue weighted by Crippen LogP contribution is 2.23. The number of aliphatic hydroxyl groups is 2.